The number of amides is 3. The summed E-state index contributed by atoms with van der Waals surface area (Å²) in [6, 6.07) is 1.82. The highest BCUT2D eigenvalue weighted by Gasteiger charge is 2.61. The molecule has 0 aromatic carbocycles. The number of thiophene rings is 1. The van der Waals surface area contributed by atoms with E-state index in [0.29, 0.717) is 18.6 Å². The molecule has 7 rings (SSSR count). The molecule has 0 radical (unpaired) electrons. The molecule has 260 valence electrons. The first-order chi connectivity index (χ1) is 23.7. The molecule has 3 fully saturated rings. The van der Waals surface area contributed by atoms with Gasteiger partial charge in [0.15, 0.2) is 0 Å². The number of aliphatic carboxylic acids is 1. The molecule has 2 aliphatic heterocycles. The molecule has 5 atom stereocenters. The molecule has 0 bridgehead atoms. The largest absolute Gasteiger partial charge is 0.487 e. The maximum Gasteiger partial charge on any atom is 0.408 e. The fourth-order valence-corrected chi connectivity index (χ4v) is 8.49. The minimum atomic E-state index is -1.42. The zero-order valence-corrected chi connectivity index (χ0v) is 28.3. The van der Waals surface area contributed by atoms with Crippen molar-refractivity contribution < 1.29 is 33.8 Å². The number of allylic oxidation sites excluding steroid dienone is 1. The van der Waals surface area contributed by atoms with Crippen molar-refractivity contribution >= 4 is 45.4 Å². The van der Waals surface area contributed by atoms with Gasteiger partial charge in [-0.3, -0.25) is 14.6 Å². The Morgan fingerprint density at radius 2 is 1.90 bits per heavy atom. The smallest absolute Gasteiger partial charge is 0.408 e. The second-order valence-electron chi connectivity index (χ2n) is 13.6. The summed E-state index contributed by atoms with van der Waals surface area (Å²) >= 11 is 1.49. The van der Waals surface area contributed by atoms with Crippen LogP contribution in [0.2, 0.25) is 0 Å². The minimum absolute atomic E-state index is 0.0809. The van der Waals surface area contributed by atoms with Crippen molar-refractivity contribution in [1.29, 1.82) is 0 Å². The average Bonchev–Trinajstić information content (AvgIpc) is 3.65. The van der Waals surface area contributed by atoms with E-state index in [4.69, 9.17) is 9.47 Å². The summed E-state index contributed by atoms with van der Waals surface area (Å²) in [6.07, 6.45) is 15.3. The summed E-state index contributed by atoms with van der Waals surface area (Å²) in [5.41, 5.74) is -0.678. The maximum atomic E-state index is 14.3. The number of hydrogen-bond acceptors (Lipinski definition) is 9. The predicted molar refractivity (Wildman–Crippen MR) is 181 cm³/mol. The number of imidazole rings is 1. The van der Waals surface area contributed by atoms with Crippen LogP contribution in [0.1, 0.15) is 70.6 Å². The van der Waals surface area contributed by atoms with Gasteiger partial charge in [0.25, 0.3) is 0 Å². The van der Waals surface area contributed by atoms with E-state index >= 15 is 0 Å². The fraction of sp³-hybridized carbons (Fsp3) is 0.543. The van der Waals surface area contributed by atoms with Crippen molar-refractivity contribution in [3.05, 3.63) is 42.9 Å². The molecule has 5 heterocycles. The lowest BCUT2D eigenvalue weighted by atomic mass is 10.0. The van der Waals surface area contributed by atoms with Gasteiger partial charge in [-0.15, -0.1) is 11.3 Å². The first kappa shape index (κ1) is 33.1. The van der Waals surface area contributed by atoms with Crippen LogP contribution in [0.15, 0.2) is 42.9 Å². The van der Waals surface area contributed by atoms with E-state index in [9.17, 15) is 24.3 Å². The van der Waals surface area contributed by atoms with Crippen LogP contribution >= 0.6 is 11.3 Å². The van der Waals surface area contributed by atoms with Gasteiger partial charge in [0, 0.05) is 38.0 Å². The number of fused-ring (bicyclic) bond motifs is 3. The molecule has 3 aromatic heterocycles. The number of carbonyl (C=O) groups is 4. The number of alkyl carbamates (subject to hydrolysis) is 1. The van der Waals surface area contributed by atoms with Crippen LogP contribution in [-0.4, -0.2) is 84.8 Å². The van der Waals surface area contributed by atoms with Gasteiger partial charge in [-0.25, -0.2) is 14.6 Å². The number of nitrogens with one attached hydrogen (secondary N) is 2. The number of pyridine rings is 1. The van der Waals surface area contributed by atoms with Gasteiger partial charge in [0.05, 0.1) is 21.6 Å². The van der Waals surface area contributed by atoms with Gasteiger partial charge in [-0.05, 0) is 63.5 Å². The molecule has 13 nitrogen and oxygen atoms in total. The van der Waals surface area contributed by atoms with Crippen molar-refractivity contribution in [2.75, 3.05) is 6.54 Å². The second kappa shape index (κ2) is 13.8. The molecular weight excluding hydrogens is 648 g/mol. The van der Waals surface area contributed by atoms with Gasteiger partial charge in [-0.1, -0.05) is 25.0 Å². The Morgan fingerprint density at radius 1 is 1.08 bits per heavy atom. The van der Waals surface area contributed by atoms with Crippen molar-refractivity contribution in [3.8, 4) is 16.5 Å². The molecule has 2 saturated carbocycles. The molecule has 3 aromatic rings. The SMILES string of the molecule is Cn1ccnc1-c1cc2nccc(O[C@@H]3C[C@H]4C(=O)N[C@]5(C(=O)O)C[C@H]5/C=C\CCCCC[C@H](NC(=O)OC5CCCC5)C(=O)N4C3)c2s1. The molecule has 0 unspecified atom stereocenters. The fourth-order valence-electron chi connectivity index (χ4n) is 7.38. The van der Waals surface area contributed by atoms with Gasteiger partial charge < -0.3 is 34.7 Å². The summed E-state index contributed by atoms with van der Waals surface area (Å²) in [4.78, 5) is 65.1. The monoisotopic (exact) mass is 690 g/mol. The number of carboxylic acid groups (broad SMARTS) is 1. The molecule has 4 aliphatic rings. The third kappa shape index (κ3) is 6.87. The lowest BCUT2D eigenvalue weighted by Crippen LogP contribution is -2.56. The van der Waals surface area contributed by atoms with Crippen LogP contribution in [0, 0.1) is 5.92 Å². The number of aryl methyl sites for hydroxylation is 1. The summed E-state index contributed by atoms with van der Waals surface area (Å²) < 4.78 is 14.9. The maximum absolute atomic E-state index is 14.3. The molecule has 2 aliphatic carbocycles. The van der Waals surface area contributed by atoms with E-state index in [1.807, 2.05) is 36.0 Å². The number of carbonyl (C=O) groups excluding carboxylic acids is 3. The summed E-state index contributed by atoms with van der Waals surface area (Å²) in [7, 11) is 1.92. The number of hydrogen-bond donors (Lipinski definition) is 3. The summed E-state index contributed by atoms with van der Waals surface area (Å²) in [6.45, 7) is 0.0809. The molecule has 3 amide bonds. The number of nitrogens with zero attached hydrogens (tertiary/aromatic N) is 4. The summed E-state index contributed by atoms with van der Waals surface area (Å²) in [5.74, 6) is -1.01. The molecule has 1 saturated heterocycles. The standard InChI is InChI=1S/C35H42N6O7S/c1-40-16-15-37-30(40)28-18-25-29(49-28)27(13-14-36-25)47-23-17-26-31(42)39-35(33(44)45)19-21(35)9-5-3-2-4-6-12-24(32(43)41(26)20-23)38-34(46)48-22-10-7-8-11-22/h5,9,13-16,18,21-24,26H,2-4,6-8,10-12,17,19-20H2,1H3,(H,38,46)(H,39,42)(H,44,45)/b9-5-/t21-,23-,24+,26+,35-/m1/s1. The average molecular weight is 691 g/mol. The van der Waals surface area contributed by atoms with Crippen molar-refractivity contribution in [2.24, 2.45) is 13.0 Å². The number of ether oxygens (including phenoxy) is 2. The summed E-state index contributed by atoms with van der Waals surface area (Å²) in [5, 5.41) is 15.8. The van der Waals surface area contributed by atoms with Gasteiger partial charge in [0.1, 0.15) is 41.4 Å². The van der Waals surface area contributed by atoms with E-state index in [-0.39, 0.29) is 31.4 Å². The lowest BCUT2D eigenvalue weighted by Gasteiger charge is -2.29. The Bertz CT molecular complexity index is 1770. The predicted octanol–water partition coefficient (Wildman–Crippen LogP) is 4.56. The molecular formula is C35H42N6O7S. The molecule has 14 heteroatoms. The highest BCUT2D eigenvalue weighted by molar-refractivity contribution is 7.22. The lowest BCUT2D eigenvalue weighted by molar-refractivity contribution is -0.145. The van der Waals surface area contributed by atoms with Crippen molar-refractivity contribution in [1.82, 2.24) is 30.1 Å². The number of aromatic nitrogens is 3. The molecule has 0 spiro atoms. The Hall–Kier alpha value is -4.46. The quantitative estimate of drug-likeness (QED) is 0.315. The van der Waals surface area contributed by atoms with E-state index in [1.165, 1.54) is 16.2 Å². The van der Waals surface area contributed by atoms with Gasteiger partial charge in [0.2, 0.25) is 11.8 Å². The zero-order valence-electron chi connectivity index (χ0n) is 27.5. The van der Waals surface area contributed by atoms with Crippen LogP contribution in [0.3, 0.4) is 0 Å². The topological polar surface area (TPSA) is 165 Å². The highest BCUT2D eigenvalue weighted by atomic mass is 32.1. The van der Waals surface area contributed by atoms with E-state index in [2.05, 4.69) is 20.6 Å². The van der Waals surface area contributed by atoms with Crippen LogP contribution in [-0.2, 0) is 26.2 Å². The van der Waals surface area contributed by atoms with Crippen LogP contribution in [0.4, 0.5) is 4.79 Å². The minimum Gasteiger partial charge on any atom is -0.487 e. The van der Waals surface area contributed by atoms with Crippen LogP contribution < -0.4 is 15.4 Å². The Kier molecular flexibility index (Phi) is 9.32. The van der Waals surface area contributed by atoms with Crippen LogP contribution in [0.5, 0.6) is 5.75 Å². The third-order valence-electron chi connectivity index (χ3n) is 10.2. The first-order valence-corrected chi connectivity index (χ1v) is 18.1. The number of carboxylic acids is 1. The Labute approximate surface area is 288 Å². The Balaban J connectivity index is 1.16. The van der Waals surface area contributed by atoms with Gasteiger partial charge >= 0.3 is 12.1 Å². The van der Waals surface area contributed by atoms with E-state index in [1.54, 1.807) is 18.5 Å². The van der Waals surface area contributed by atoms with E-state index < -0.39 is 47.6 Å². The number of rotatable bonds is 6. The van der Waals surface area contributed by atoms with Gasteiger partial charge in [-0.2, -0.15) is 0 Å². The first-order valence-electron chi connectivity index (χ1n) is 17.2. The molecule has 49 heavy (non-hydrogen) atoms. The molecule has 3 N–H and O–H groups in total. The highest BCUT2D eigenvalue weighted by Crippen LogP contribution is 2.45. The zero-order chi connectivity index (χ0) is 34.1. The van der Waals surface area contributed by atoms with Crippen molar-refractivity contribution in [2.45, 2.75) is 100 Å². The Morgan fingerprint density at radius 3 is 2.67 bits per heavy atom. The van der Waals surface area contributed by atoms with Crippen molar-refractivity contribution in [3.63, 3.8) is 0 Å². The normalized spacial score (nSPS) is 28.6. The van der Waals surface area contributed by atoms with Crippen LogP contribution in [0.25, 0.3) is 20.9 Å². The second-order valence-corrected chi connectivity index (χ2v) is 14.7. The van der Waals surface area contributed by atoms with E-state index in [0.717, 1.165) is 65.9 Å². The third-order valence-corrected chi connectivity index (χ3v) is 11.3.